The molecule has 1 aliphatic heterocycles. The number of aryl methyl sites for hydroxylation is 1. The van der Waals surface area contributed by atoms with E-state index in [9.17, 15) is 4.79 Å². The number of nitrogens with one attached hydrogen (secondary N) is 1. The number of nitrogens with zero attached hydrogens (tertiary/aromatic N) is 1. The Labute approximate surface area is 102 Å². The van der Waals surface area contributed by atoms with Crippen molar-refractivity contribution in [1.82, 2.24) is 5.32 Å². The van der Waals surface area contributed by atoms with Crippen LogP contribution in [0.25, 0.3) is 0 Å². The number of carbonyl (C=O) groups excluding carboxylic acids is 1. The number of hydrogen-bond acceptors (Lipinski definition) is 2. The fraction of sp³-hybridized carbons (Fsp3) is 0.500. The minimum absolute atomic E-state index is 0.0436. The highest BCUT2D eigenvalue weighted by Gasteiger charge is 2.36. The first-order valence-electron chi connectivity index (χ1n) is 6.39. The molecule has 3 nitrogen and oxygen atoms in total. The third-order valence-electron chi connectivity index (χ3n) is 3.63. The molecular formula is C14H18N2O. The van der Waals surface area contributed by atoms with Crippen LogP contribution in [0.4, 0.5) is 5.69 Å². The van der Waals surface area contributed by atoms with E-state index in [0.29, 0.717) is 6.04 Å². The van der Waals surface area contributed by atoms with Crippen LogP contribution in [0, 0.1) is 6.92 Å². The van der Waals surface area contributed by atoms with Crippen molar-refractivity contribution in [3.63, 3.8) is 0 Å². The van der Waals surface area contributed by atoms with Gasteiger partial charge >= 0.3 is 0 Å². The molecule has 17 heavy (non-hydrogen) atoms. The second kappa shape index (κ2) is 4.15. The number of rotatable bonds is 3. The Morgan fingerprint density at radius 2 is 2.00 bits per heavy atom. The van der Waals surface area contributed by atoms with Crippen LogP contribution in [0.1, 0.15) is 24.8 Å². The van der Waals surface area contributed by atoms with E-state index < -0.39 is 0 Å². The van der Waals surface area contributed by atoms with Gasteiger partial charge in [-0.2, -0.15) is 0 Å². The average molecular weight is 230 g/mol. The molecular weight excluding hydrogens is 212 g/mol. The van der Waals surface area contributed by atoms with E-state index in [0.717, 1.165) is 18.7 Å². The van der Waals surface area contributed by atoms with Gasteiger partial charge in [-0.1, -0.05) is 18.2 Å². The van der Waals surface area contributed by atoms with Gasteiger partial charge < -0.3 is 10.2 Å². The molecule has 2 aliphatic rings. The smallest absolute Gasteiger partial charge is 0.244 e. The summed E-state index contributed by atoms with van der Waals surface area (Å²) in [5.41, 5.74) is 2.24. The summed E-state index contributed by atoms with van der Waals surface area (Å²) >= 11 is 0. The molecule has 2 fully saturated rings. The molecule has 1 unspecified atom stereocenters. The Hall–Kier alpha value is -1.35. The molecule has 0 bridgehead atoms. The summed E-state index contributed by atoms with van der Waals surface area (Å²) in [6, 6.07) is 8.75. The first-order valence-corrected chi connectivity index (χ1v) is 6.39. The van der Waals surface area contributed by atoms with Crippen molar-refractivity contribution in [1.29, 1.82) is 0 Å². The topological polar surface area (TPSA) is 32.3 Å². The summed E-state index contributed by atoms with van der Waals surface area (Å²) in [6.45, 7) is 2.90. The minimum Gasteiger partial charge on any atom is -0.311 e. The van der Waals surface area contributed by atoms with Crippen LogP contribution in [-0.2, 0) is 4.79 Å². The van der Waals surface area contributed by atoms with Gasteiger partial charge in [0.05, 0.1) is 6.04 Å². The monoisotopic (exact) mass is 230 g/mol. The standard InChI is InChI=1S/C14H18N2O/c1-10-4-2-3-5-13(10)16-9-8-12(14(16)17)15-11-6-7-11/h2-5,11-12,15H,6-9H2,1H3. The molecule has 1 saturated heterocycles. The maximum Gasteiger partial charge on any atom is 0.244 e. The van der Waals surface area contributed by atoms with E-state index in [4.69, 9.17) is 0 Å². The summed E-state index contributed by atoms with van der Waals surface area (Å²) in [6.07, 6.45) is 3.39. The van der Waals surface area contributed by atoms with Crippen LogP contribution in [0.15, 0.2) is 24.3 Å². The van der Waals surface area contributed by atoms with Gasteiger partial charge in [-0.05, 0) is 37.8 Å². The Balaban J connectivity index is 1.76. The molecule has 90 valence electrons. The Bertz CT molecular complexity index is 440. The third kappa shape index (κ3) is 2.07. The Kier molecular flexibility index (Phi) is 2.63. The molecule has 1 atom stereocenters. The van der Waals surface area contributed by atoms with Gasteiger partial charge in [-0.3, -0.25) is 4.79 Å². The van der Waals surface area contributed by atoms with Gasteiger partial charge in [0.1, 0.15) is 0 Å². The predicted octanol–water partition coefficient (Wildman–Crippen LogP) is 1.85. The van der Waals surface area contributed by atoms with Crippen LogP contribution < -0.4 is 10.2 Å². The first kappa shape index (κ1) is 10.8. The lowest BCUT2D eigenvalue weighted by molar-refractivity contribution is -0.118. The van der Waals surface area contributed by atoms with Crippen molar-refractivity contribution in [3.8, 4) is 0 Å². The van der Waals surface area contributed by atoms with E-state index in [1.54, 1.807) is 0 Å². The average Bonchev–Trinajstić information content (AvgIpc) is 3.07. The number of amides is 1. The molecule has 3 rings (SSSR count). The molecule has 1 saturated carbocycles. The SMILES string of the molecule is Cc1ccccc1N1CCC(NC2CC2)C1=O. The van der Waals surface area contributed by atoms with E-state index in [2.05, 4.69) is 18.3 Å². The predicted molar refractivity (Wildman–Crippen MR) is 68.1 cm³/mol. The van der Waals surface area contributed by atoms with Crippen LogP contribution in [0.5, 0.6) is 0 Å². The highest BCUT2D eigenvalue weighted by Crippen LogP contribution is 2.27. The molecule has 1 amide bonds. The zero-order valence-electron chi connectivity index (χ0n) is 10.1. The lowest BCUT2D eigenvalue weighted by Crippen LogP contribution is -2.39. The number of para-hydroxylation sites is 1. The summed E-state index contributed by atoms with van der Waals surface area (Å²) in [4.78, 5) is 14.2. The van der Waals surface area contributed by atoms with Crippen molar-refractivity contribution < 1.29 is 4.79 Å². The fourth-order valence-corrected chi connectivity index (χ4v) is 2.47. The number of benzene rings is 1. The third-order valence-corrected chi connectivity index (χ3v) is 3.63. The number of carbonyl (C=O) groups is 1. The van der Waals surface area contributed by atoms with Gasteiger partial charge in [0.15, 0.2) is 0 Å². The zero-order valence-corrected chi connectivity index (χ0v) is 10.1. The highest BCUT2D eigenvalue weighted by molar-refractivity contribution is 6.00. The van der Waals surface area contributed by atoms with E-state index in [1.807, 2.05) is 23.1 Å². The second-order valence-electron chi connectivity index (χ2n) is 5.06. The molecule has 1 aromatic carbocycles. The van der Waals surface area contributed by atoms with Gasteiger partial charge in [0, 0.05) is 18.3 Å². The quantitative estimate of drug-likeness (QED) is 0.859. The molecule has 3 heteroatoms. The normalized spacial score (nSPS) is 24.4. The maximum atomic E-state index is 12.3. The Morgan fingerprint density at radius 1 is 1.24 bits per heavy atom. The molecule has 1 N–H and O–H groups in total. The zero-order chi connectivity index (χ0) is 11.8. The van der Waals surface area contributed by atoms with E-state index in [1.165, 1.54) is 18.4 Å². The van der Waals surface area contributed by atoms with Crippen LogP contribution in [0.3, 0.4) is 0 Å². The van der Waals surface area contributed by atoms with Crippen LogP contribution >= 0.6 is 0 Å². The van der Waals surface area contributed by atoms with Gasteiger partial charge in [-0.15, -0.1) is 0 Å². The van der Waals surface area contributed by atoms with Crippen molar-refractivity contribution >= 4 is 11.6 Å². The summed E-state index contributed by atoms with van der Waals surface area (Å²) in [5, 5.41) is 3.43. The van der Waals surface area contributed by atoms with Crippen molar-refractivity contribution in [3.05, 3.63) is 29.8 Å². The molecule has 0 radical (unpaired) electrons. The molecule has 0 aromatic heterocycles. The molecule has 0 spiro atoms. The number of hydrogen-bond donors (Lipinski definition) is 1. The van der Waals surface area contributed by atoms with E-state index in [-0.39, 0.29) is 11.9 Å². The van der Waals surface area contributed by atoms with E-state index >= 15 is 0 Å². The maximum absolute atomic E-state index is 12.3. The summed E-state index contributed by atoms with van der Waals surface area (Å²) in [5.74, 6) is 0.242. The molecule has 1 aliphatic carbocycles. The van der Waals surface area contributed by atoms with Crippen molar-refractivity contribution in [2.75, 3.05) is 11.4 Å². The second-order valence-corrected chi connectivity index (χ2v) is 5.06. The lowest BCUT2D eigenvalue weighted by Gasteiger charge is -2.19. The van der Waals surface area contributed by atoms with Crippen LogP contribution in [-0.4, -0.2) is 24.5 Å². The minimum atomic E-state index is 0.0436. The lowest BCUT2D eigenvalue weighted by atomic mass is 10.2. The van der Waals surface area contributed by atoms with Gasteiger partial charge in [0.2, 0.25) is 5.91 Å². The highest BCUT2D eigenvalue weighted by atomic mass is 16.2. The van der Waals surface area contributed by atoms with Crippen LogP contribution in [0.2, 0.25) is 0 Å². The van der Waals surface area contributed by atoms with Crippen molar-refractivity contribution in [2.24, 2.45) is 0 Å². The van der Waals surface area contributed by atoms with Crippen molar-refractivity contribution in [2.45, 2.75) is 38.3 Å². The number of anilines is 1. The molecule has 1 heterocycles. The van der Waals surface area contributed by atoms with Gasteiger partial charge in [-0.25, -0.2) is 0 Å². The fourth-order valence-electron chi connectivity index (χ4n) is 2.47. The summed E-state index contributed by atoms with van der Waals surface area (Å²) in [7, 11) is 0. The van der Waals surface area contributed by atoms with Gasteiger partial charge in [0.25, 0.3) is 0 Å². The summed E-state index contributed by atoms with van der Waals surface area (Å²) < 4.78 is 0. The molecule has 1 aromatic rings. The first-order chi connectivity index (χ1) is 8.25. The largest absolute Gasteiger partial charge is 0.311 e. The Morgan fingerprint density at radius 3 is 2.71 bits per heavy atom.